The van der Waals surface area contributed by atoms with Crippen LogP contribution < -0.4 is 14.5 Å². The molecule has 0 saturated carbocycles. The first kappa shape index (κ1) is 19.7. The van der Waals surface area contributed by atoms with Crippen molar-refractivity contribution in [2.75, 3.05) is 29.9 Å². The van der Waals surface area contributed by atoms with Gasteiger partial charge >= 0.3 is 0 Å². The van der Waals surface area contributed by atoms with Gasteiger partial charge in [0.05, 0.1) is 11.6 Å². The molecule has 6 rings (SSSR count). The lowest BCUT2D eigenvalue weighted by atomic mass is 9.77. The molecule has 1 saturated heterocycles. The van der Waals surface area contributed by atoms with Crippen molar-refractivity contribution in [2.24, 2.45) is 4.99 Å². The summed E-state index contributed by atoms with van der Waals surface area (Å²) in [5.41, 5.74) is 5.11. The zero-order valence-corrected chi connectivity index (χ0v) is 19.5. The van der Waals surface area contributed by atoms with Gasteiger partial charge < -0.3 is 14.5 Å². The highest BCUT2D eigenvalue weighted by Gasteiger charge is 2.58. The fourth-order valence-electron chi connectivity index (χ4n) is 5.95. The second-order valence-corrected chi connectivity index (χ2v) is 10.1. The van der Waals surface area contributed by atoms with Crippen molar-refractivity contribution in [3.63, 3.8) is 0 Å². The summed E-state index contributed by atoms with van der Waals surface area (Å²) in [6.07, 6.45) is 5.86. The van der Waals surface area contributed by atoms with E-state index in [4.69, 9.17) is 9.73 Å². The van der Waals surface area contributed by atoms with Crippen molar-refractivity contribution in [2.45, 2.75) is 51.2 Å². The number of hydrogen-bond donors (Lipinski definition) is 0. The van der Waals surface area contributed by atoms with Crippen LogP contribution in [0.2, 0.25) is 0 Å². The van der Waals surface area contributed by atoms with Gasteiger partial charge in [0.15, 0.2) is 5.75 Å². The summed E-state index contributed by atoms with van der Waals surface area (Å²) < 4.78 is 7.02. The molecule has 164 valence electrons. The molecule has 0 amide bonds. The van der Waals surface area contributed by atoms with E-state index in [1.165, 1.54) is 52.5 Å². The highest BCUT2D eigenvalue weighted by atomic mass is 16.5. The molecule has 3 aromatic rings. The quantitative estimate of drug-likeness (QED) is 0.454. The van der Waals surface area contributed by atoms with Crippen LogP contribution >= 0.6 is 0 Å². The molecule has 0 aliphatic carbocycles. The van der Waals surface area contributed by atoms with Gasteiger partial charge in [0, 0.05) is 48.4 Å². The van der Waals surface area contributed by atoms with E-state index >= 15 is 0 Å². The summed E-state index contributed by atoms with van der Waals surface area (Å²) in [7, 11) is 2.14. The van der Waals surface area contributed by atoms with Gasteiger partial charge in [0.25, 0.3) is 0 Å². The molecule has 1 spiro atoms. The van der Waals surface area contributed by atoms with Crippen molar-refractivity contribution in [1.29, 1.82) is 0 Å². The molecule has 0 radical (unpaired) electrons. The minimum Gasteiger partial charge on any atom is -0.459 e. The third-order valence-corrected chi connectivity index (χ3v) is 7.87. The van der Waals surface area contributed by atoms with Gasteiger partial charge in [-0.3, -0.25) is 4.99 Å². The maximum atomic E-state index is 7.02. The monoisotopic (exact) mass is 425 g/mol. The van der Waals surface area contributed by atoms with E-state index in [1.807, 2.05) is 6.21 Å². The number of nitrogens with zero attached hydrogens (tertiary/aromatic N) is 3. The summed E-state index contributed by atoms with van der Waals surface area (Å²) in [4.78, 5) is 9.89. The Morgan fingerprint density at radius 1 is 0.906 bits per heavy atom. The molecule has 0 bridgehead atoms. The van der Waals surface area contributed by atoms with Crippen LogP contribution in [0, 0.1) is 6.92 Å². The number of hydrogen-bond acceptors (Lipinski definition) is 4. The maximum absolute atomic E-state index is 7.02. The van der Waals surface area contributed by atoms with Crippen LogP contribution in [0.4, 0.5) is 17.1 Å². The number of ether oxygens (including phenoxy) is 1. The second-order valence-electron chi connectivity index (χ2n) is 10.1. The smallest absolute Gasteiger partial charge is 0.228 e. The molecule has 3 aliphatic heterocycles. The average Bonchev–Trinajstić information content (AvgIpc) is 2.96. The number of aryl methyl sites for hydroxylation is 1. The van der Waals surface area contributed by atoms with E-state index in [1.54, 1.807) is 0 Å². The molecule has 3 aromatic carbocycles. The van der Waals surface area contributed by atoms with E-state index in [0.29, 0.717) is 0 Å². The van der Waals surface area contributed by atoms with Crippen LogP contribution in [0.25, 0.3) is 10.8 Å². The van der Waals surface area contributed by atoms with Gasteiger partial charge in [-0.25, -0.2) is 0 Å². The number of aliphatic imine (C=N–C) groups is 1. The molecule has 32 heavy (non-hydrogen) atoms. The first-order valence-corrected chi connectivity index (χ1v) is 11.8. The predicted octanol–water partition coefficient (Wildman–Crippen LogP) is 6.36. The molecular weight excluding hydrogens is 394 g/mol. The fraction of sp³-hybridized carbons (Fsp3) is 0.393. The second kappa shape index (κ2) is 6.74. The molecule has 0 N–H and O–H groups in total. The van der Waals surface area contributed by atoms with Crippen molar-refractivity contribution >= 4 is 34.0 Å². The lowest BCUT2D eigenvalue weighted by molar-refractivity contribution is 0.0827. The van der Waals surface area contributed by atoms with Gasteiger partial charge in [-0.2, -0.15) is 0 Å². The lowest BCUT2D eigenvalue weighted by Crippen LogP contribution is -2.61. The van der Waals surface area contributed by atoms with Gasteiger partial charge in [0.2, 0.25) is 5.72 Å². The standard InChI is InChI=1S/C28H31N3O/c1-19-12-13-22-24(16-19)30(4)28(27(22,2)3)18-29-26-21-11-7-6-10-20(21)23(17-25(26)32-28)31-14-8-5-9-15-31/h6-7,10-13,16-18H,5,8-9,14-15H2,1-4H3. The van der Waals surface area contributed by atoms with Gasteiger partial charge in [-0.1, -0.05) is 36.4 Å². The predicted molar refractivity (Wildman–Crippen MR) is 134 cm³/mol. The van der Waals surface area contributed by atoms with E-state index in [0.717, 1.165) is 24.5 Å². The Morgan fingerprint density at radius 2 is 1.66 bits per heavy atom. The van der Waals surface area contributed by atoms with Crippen LogP contribution in [-0.4, -0.2) is 32.1 Å². The Hall–Kier alpha value is -3.01. The number of piperidine rings is 1. The minimum absolute atomic E-state index is 0.247. The minimum atomic E-state index is -0.655. The Bertz CT molecular complexity index is 1260. The van der Waals surface area contributed by atoms with E-state index < -0.39 is 5.72 Å². The van der Waals surface area contributed by atoms with Crippen LogP contribution in [0.1, 0.15) is 44.2 Å². The molecule has 1 unspecified atom stereocenters. The molecule has 3 aliphatic rings. The van der Waals surface area contributed by atoms with Crippen LogP contribution in [0.5, 0.6) is 5.75 Å². The van der Waals surface area contributed by atoms with Crippen LogP contribution in [-0.2, 0) is 5.41 Å². The van der Waals surface area contributed by atoms with Crippen molar-refractivity contribution in [1.82, 2.24) is 0 Å². The first-order chi connectivity index (χ1) is 15.4. The number of likely N-dealkylation sites (N-methyl/N-ethyl adjacent to an activating group) is 1. The van der Waals surface area contributed by atoms with Gasteiger partial charge in [0.1, 0.15) is 5.69 Å². The Morgan fingerprint density at radius 3 is 2.44 bits per heavy atom. The topological polar surface area (TPSA) is 28.1 Å². The summed E-state index contributed by atoms with van der Waals surface area (Å²) in [5, 5.41) is 2.44. The zero-order valence-electron chi connectivity index (χ0n) is 19.5. The van der Waals surface area contributed by atoms with Gasteiger partial charge in [-0.15, -0.1) is 0 Å². The van der Waals surface area contributed by atoms with Crippen molar-refractivity contribution in [3.05, 3.63) is 59.7 Å². The summed E-state index contributed by atoms with van der Waals surface area (Å²) in [5.74, 6) is 0.885. The third-order valence-electron chi connectivity index (χ3n) is 7.87. The number of rotatable bonds is 1. The highest BCUT2D eigenvalue weighted by molar-refractivity contribution is 6.06. The van der Waals surface area contributed by atoms with Crippen molar-refractivity contribution in [3.8, 4) is 5.75 Å². The number of fused-ring (bicyclic) bond motifs is 4. The zero-order chi connectivity index (χ0) is 22.1. The van der Waals surface area contributed by atoms with E-state index in [-0.39, 0.29) is 5.41 Å². The Labute approximate surface area is 190 Å². The van der Waals surface area contributed by atoms with Crippen LogP contribution in [0.3, 0.4) is 0 Å². The summed E-state index contributed by atoms with van der Waals surface area (Å²) >= 11 is 0. The molecule has 4 heteroatoms. The fourth-order valence-corrected chi connectivity index (χ4v) is 5.95. The van der Waals surface area contributed by atoms with Crippen LogP contribution in [0.15, 0.2) is 53.5 Å². The maximum Gasteiger partial charge on any atom is 0.228 e. The molecule has 1 fully saturated rings. The molecule has 1 atom stereocenters. The Kier molecular flexibility index (Phi) is 4.14. The summed E-state index contributed by atoms with van der Waals surface area (Å²) in [6, 6.07) is 17.6. The third kappa shape index (κ3) is 2.52. The summed E-state index contributed by atoms with van der Waals surface area (Å²) in [6.45, 7) is 8.90. The molecular formula is C28H31N3O. The van der Waals surface area contributed by atoms with E-state index in [9.17, 15) is 0 Å². The molecule has 0 aromatic heterocycles. The number of anilines is 2. The lowest BCUT2D eigenvalue weighted by Gasteiger charge is -2.45. The number of benzene rings is 3. The van der Waals surface area contributed by atoms with Crippen molar-refractivity contribution < 1.29 is 4.74 Å². The molecule has 3 heterocycles. The van der Waals surface area contributed by atoms with Gasteiger partial charge in [-0.05, 0) is 57.2 Å². The average molecular weight is 426 g/mol. The highest BCUT2D eigenvalue weighted by Crippen LogP contribution is 2.55. The first-order valence-electron chi connectivity index (χ1n) is 11.8. The largest absolute Gasteiger partial charge is 0.459 e. The van der Waals surface area contributed by atoms with E-state index in [2.05, 4.69) is 86.1 Å². The normalized spacial score (nSPS) is 23.4. The SMILES string of the molecule is Cc1ccc2c(c1)N(C)C1(C=Nc3c(cc(N4CCCCC4)c4ccccc34)O1)C2(C)C. The molecule has 4 nitrogen and oxygen atoms in total. The Balaban J connectivity index is 1.53.